The number of rotatable bonds is 9. The number of hydrogen-bond donors (Lipinski definition) is 2. The summed E-state index contributed by atoms with van der Waals surface area (Å²) in [6, 6.07) is 0.378. The van der Waals surface area contributed by atoms with E-state index in [2.05, 4.69) is 40.0 Å². The summed E-state index contributed by atoms with van der Waals surface area (Å²) in [5.74, 6) is 0.472. The van der Waals surface area contributed by atoms with E-state index in [0.717, 1.165) is 24.7 Å². The van der Waals surface area contributed by atoms with Crippen LogP contribution in [-0.4, -0.2) is 64.7 Å². The average Bonchev–Trinajstić information content (AvgIpc) is 2.84. The zero-order valence-electron chi connectivity index (χ0n) is 11.2. The maximum Gasteiger partial charge on any atom is 0.245 e. The van der Waals surface area contributed by atoms with E-state index < -0.39 is 6.10 Å². The van der Waals surface area contributed by atoms with Crippen LogP contribution in [0.25, 0.3) is 0 Å². The molecule has 1 aromatic heterocycles. The molecule has 0 aromatic carbocycles. The largest absolute Gasteiger partial charge is 0.473 e. The molecule has 0 saturated carbocycles. The molecule has 0 aliphatic carbocycles. The van der Waals surface area contributed by atoms with E-state index in [1.807, 2.05) is 0 Å². The van der Waals surface area contributed by atoms with Crippen molar-refractivity contribution >= 4 is 11.7 Å². The number of ether oxygens (including phenoxy) is 1. The van der Waals surface area contributed by atoms with Gasteiger partial charge in [0.15, 0.2) is 0 Å². The maximum atomic E-state index is 9.73. The highest BCUT2D eigenvalue weighted by molar-refractivity contribution is 6.99. The highest BCUT2D eigenvalue weighted by Crippen LogP contribution is 2.05. The van der Waals surface area contributed by atoms with Crippen molar-refractivity contribution in [3.8, 4) is 5.88 Å². The van der Waals surface area contributed by atoms with Crippen LogP contribution in [0.4, 0.5) is 0 Å². The number of nitrogens with zero attached hydrogens (tertiary/aromatic N) is 3. The van der Waals surface area contributed by atoms with Gasteiger partial charge in [0.25, 0.3) is 0 Å². The molecule has 1 rings (SSSR count). The maximum absolute atomic E-state index is 9.73. The first kappa shape index (κ1) is 15.3. The lowest BCUT2D eigenvalue weighted by atomic mass is 10.2. The van der Waals surface area contributed by atoms with Crippen LogP contribution >= 0.6 is 11.7 Å². The van der Waals surface area contributed by atoms with Gasteiger partial charge in [0.05, 0.1) is 11.7 Å². The SMILES string of the molecule is CC(CCN(C)C)NCC(O)COc1cnsn1. The van der Waals surface area contributed by atoms with Gasteiger partial charge in [0.2, 0.25) is 5.88 Å². The lowest BCUT2D eigenvalue weighted by Crippen LogP contribution is -2.37. The van der Waals surface area contributed by atoms with Crippen LogP contribution in [0.3, 0.4) is 0 Å². The molecular formula is C11H22N4O2S. The molecule has 0 bridgehead atoms. The summed E-state index contributed by atoms with van der Waals surface area (Å²) in [6.07, 6.45) is 2.06. The summed E-state index contributed by atoms with van der Waals surface area (Å²) >= 11 is 1.09. The molecule has 0 saturated heterocycles. The molecule has 2 unspecified atom stereocenters. The summed E-state index contributed by atoms with van der Waals surface area (Å²) in [5, 5.41) is 13.0. The van der Waals surface area contributed by atoms with Crippen molar-refractivity contribution in [2.45, 2.75) is 25.5 Å². The minimum absolute atomic E-state index is 0.235. The molecule has 1 aromatic rings. The summed E-state index contributed by atoms with van der Waals surface area (Å²) < 4.78 is 13.0. The normalized spacial score (nSPS) is 14.7. The Labute approximate surface area is 112 Å². The molecule has 6 nitrogen and oxygen atoms in total. The second kappa shape index (κ2) is 8.36. The van der Waals surface area contributed by atoms with Gasteiger partial charge in [-0.25, -0.2) is 0 Å². The van der Waals surface area contributed by atoms with Crippen molar-refractivity contribution < 1.29 is 9.84 Å². The molecule has 104 valence electrons. The van der Waals surface area contributed by atoms with E-state index in [9.17, 15) is 5.11 Å². The average molecular weight is 274 g/mol. The van der Waals surface area contributed by atoms with Crippen molar-refractivity contribution in [2.75, 3.05) is 33.8 Å². The first-order valence-electron chi connectivity index (χ1n) is 6.04. The van der Waals surface area contributed by atoms with Crippen molar-refractivity contribution in [1.29, 1.82) is 0 Å². The van der Waals surface area contributed by atoms with Gasteiger partial charge in [0, 0.05) is 12.6 Å². The third kappa shape index (κ3) is 6.85. The van der Waals surface area contributed by atoms with Gasteiger partial charge in [-0.2, -0.15) is 4.37 Å². The van der Waals surface area contributed by atoms with Crippen LogP contribution in [0.2, 0.25) is 0 Å². The van der Waals surface area contributed by atoms with Gasteiger partial charge >= 0.3 is 0 Å². The summed E-state index contributed by atoms with van der Waals surface area (Å²) in [7, 11) is 4.11. The Bertz CT molecular complexity index is 308. The predicted octanol–water partition coefficient (Wildman–Crippen LogP) is 0.208. The zero-order chi connectivity index (χ0) is 13.4. The molecular weight excluding hydrogens is 252 g/mol. The highest BCUT2D eigenvalue weighted by atomic mass is 32.1. The van der Waals surface area contributed by atoms with E-state index in [0.29, 0.717) is 18.5 Å². The van der Waals surface area contributed by atoms with Gasteiger partial charge in [-0.3, -0.25) is 0 Å². The molecule has 0 radical (unpaired) electrons. The Morgan fingerprint density at radius 3 is 2.94 bits per heavy atom. The fourth-order valence-electron chi connectivity index (χ4n) is 1.35. The summed E-state index contributed by atoms with van der Waals surface area (Å²) in [4.78, 5) is 2.15. The number of aliphatic hydroxyl groups is 1. The molecule has 7 heteroatoms. The van der Waals surface area contributed by atoms with Gasteiger partial charge < -0.3 is 20.1 Å². The van der Waals surface area contributed by atoms with E-state index >= 15 is 0 Å². The van der Waals surface area contributed by atoms with Crippen molar-refractivity contribution in [3.05, 3.63) is 6.20 Å². The molecule has 1 heterocycles. The predicted molar refractivity (Wildman–Crippen MR) is 72.0 cm³/mol. The lowest BCUT2D eigenvalue weighted by molar-refractivity contribution is 0.101. The number of aromatic nitrogens is 2. The van der Waals surface area contributed by atoms with Gasteiger partial charge in [0.1, 0.15) is 18.9 Å². The third-order valence-electron chi connectivity index (χ3n) is 2.48. The minimum Gasteiger partial charge on any atom is -0.473 e. The second-order valence-corrected chi connectivity index (χ2v) is 5.17. The van der Waals surface area contributed by atoms with E-state index in [1.165, 1.54) is 0 Å². The minimum atomic E-state index is -0.534. The number of hydrogen-bond acceptors (Lipinski definition) is 7. The molecule has 2 N–H and O–H groups in total. The molecule has 2 atom stereocenters. The first-order valence-corrected chi connectivity index (χ1v) is 6.77. The Morgan fingerprint density at radius 1 is 1.56 bits per heavy atom. The Hall–Kier alpha value is -0.760. The summed E-state index contributed by atoms with van der Waals surface area (Å²) in [6.45, 7) is 3.90. The monoisotopic (exact) mass is 274 g/mol. The molecule has 0 aliphatic rings. The highest BCUT2D eigenvalue weighted by Gasteiger charge is 2.09. The fraction of sp³-hybridized carbons (Fsp3) is 0.818. The van der Waals surface area contributed by atoms with Crippen LogP contribution in [0.5, 0.6) is 5.88 Å². The van der Waals surface area contributed by atoms with Crippen LogP contribution in [-0.2, 0) is 0 Å². The van der Waals surface area contributed by atoms with Crippen LogP contribution in [0.1, 0.15) is 13.3 Å². The lowest BCUT2D eigenvalue weighted by Gasteiger charge is -2.18. The van der Waals surface area contributed by atoms with Crippen molar-refractivity contribution in [2.24, 2.45) is 0 Å². The first-order chi connectivity index (χ1) is 8.58. The van der Waals surface area contributed by atoms with E-state index in [1.54, 1.807) is 6.20 Å². The van der Waals surface area contributed by atoms with Gasteiger partial charge in [-0.15, -0.1) is 4.37 Å². The Morgan fingerprint density at radius 2 is 2.33 bits per heavy atom. The van der Waals surface area contributed by atoms with E-state index in [-0.39, 0.29) is 6.61 Å². The smallest absolute Gasteiger partial charge is 0.245 e. The van der Waals surface area contributed by atoms with Gasteiger partial charge in [-0.1, -0.05) is 0 Å². The standard InChI is InChI=1S/C11H22N4O2S/c1-9(4-5-15(2)3)12-6-10(16)8-17-11-7-13-18-14-11/h7,9-10,12,16H,4-6,8H2,1-3H3. The van der Waals surface area contributed by atoms with Crippen LogP contribution < -0.4 is 10.1 Å². The second-order valence-electron chi connectivity index (χ2n) is 4.61. The Kier molecular flexibility index (Phi) is 7.11. The number of aliphatic hydroxyl groups excluding tert-OH is 1. The van der Waals surface area contributed by atoms with Crippen LogP contribution in [0.15, 0.2) is 6.20 Å². The Balaban J connectivity index is 2.07. The molecule has 0 spiro atoms. The summed E-state index contributed by atoms with van der Waals surface area (Å²) in [5.41, 5.74) is 0. The fourth-order valence-corrected chi connectivity index (χ4v) is 1.72. The molecule has 18 heavy (non-hydrogen) atoms. The van der Waals surface area contributed by atoms with Crippen LogP contribution in [0, 0.1) is 0 Å². The number of nitrogens with one attached hydrogen (secondary N) is 1. The van der Waals surface area contributed by atoms with Crippen molar-refractivity contribution in [3.63, 3.8) is 0 Å². The third-order valence-corrected chi connectivity index (χ3v) is 2.94. The molecule has 0 amide bonds. The molecule has 0 fully saturated rings. The molecule has 0 aliphatic heterocycles. The van der Waals surface area contributed by atoms with Gasteiger partial charge in [-0.05, 0) is 34.0 Å². The van der Waals surface area contributed by atoms with E-state index in [4.69, 9.17) is 4.74 Å². The zero-order valence-corrected chi connectivity index (χ0v) is 12.0. The topological polar surface area (TPSA) is 70.5 Å². The quantitative estimate of drug-likeness (QED) is 0.671. The van der Waals surface area contributed by atoms with Crippen molar-refractivity contribution in [1.82, 2.24) is 19.0 Å².